The topological polar surface area (TPSA) is 69.4 Å². The Balaban J connectivity index is 2.51. The molecule has 2 rings (SSSR count). The van der Waals surface area contributed by atoms with E-state index in [0.717, 1.165) is 12.1 Å². The Morgan fingerprint density at radius 2 is 1.92 bits per heavy atom. The first-order valence-electron chi connectivity index (χ1n) is 6.65. The molecule has 0 heterocycles. The molecule has 2 N–H and O–H groups in total. The Bertz CT molecular complexity index is 852. The molecule has 0 atom stereocenters. The van der Waals surface area contributed by atoms with Gasteiger partial charge in [-0.05, 0) is 52.7 Å². The number of ether oxygens (including phenoxy) is 1. The minimum atomic E-state index is -4.80. The molecule has 0 aliphatic carbocycles. The van der Waals surface area contributed by atoms with Crippen molar-refractivity contribution in [2.75, 3.05) is 0 Å². The molecule has 2 aromatic rings. The fourth-order valence-electron chi connectivity index (χ4n) is 2.10. The Morgan fingerprint density at radius 3 is 2.46 bits per heavy atom. The summed E-state index contributed by atoms with van der Waals surface area (Å²) in [7, 11) is -4.80. The van der Waals surface area contributed by atoms with Gasteiger partial charge in [0.25, 0.3) is 0 Å². The lowest BCUT2D eigenvalue weighted by atomic mass is 10.2. The van der Waals surface area contributed by atoms with E-state index in [-0.39, 0.29) is 28.1 Å². The van der Waals surface area contributed by atoms with Crippen LogP contribution in [0, 0.1) is 12.7 Å². The third kappa shape index (κ3) is 3.73. The van der Waals surface area contributed by atoms with Crippen molar-refractivity contribution in [1.29, 1.82) is 0 Å². The molecule has 2 aromatic carbocycles. The largest absolute Gasteiger partial charge is 0.456 e. The van der Waals surface area contributed by atoms with Crippen molar-refractivity contribution < 1.29 is 26.3 Å². The maximum absolute atomic E-state index is 13.4. The number of aryl methyl sites for hydroxylation is 1. The highest BCUT2D eigenvalue weighted by atomic mass is 79.9. The third-order valence-corrected chi connectivity index (χ3v) is 5.49. The van der Waals surface area contributed by atoms with Crippen LogP contribution in [0.5, 0.6) is 11.5 Å². The number of halogens is 4. The van der Waals surface area contributed by atoms with E-state index < -0.39 is 26.3 Å². The molecule has 24 heavy (non-hydrogen) atoms. The summed E-state index contributed by atoms with van der Waals surface area (Å²) in [6.07, 6.45) is 0. The van der Waals surface area contributed by atoms with E-state index in [0.29, 0.717) is 5.56 Å². The van der Waals surface area contributed by atoms with Gasteiger partial charge in [0, 0.05) is 18.2 Å². The molecular weight excluding hydrogens is 411 g/mol. The fourth-order valence-corrected chi connectivity index (χ4v) is 3.80. The lowest BCUT2D eigenvalue weighted by Crippen LogP contribution is -2.15. The molecule has 130 valence electrons. The fraction of sp³-hybridized carbons (Fsp3) is 0.200. The van der Waals surface area contributed by atoms with E-state index in [2.05, 4.69) is 15.9 Å². The molecular formula is C15H13BrF3NO3S. The Hall–Kier alpha value is -1.58. The van der Waals surface area contributed by atoms with Crippen molar-refractivity contribution in [2.45, 2.75) is 24.1 Å². The van der Waals surface area contributed by atoms with Crippen LogP contribution in [-0.2, 0) is 16.4 Å². The molecule has 0 unspecified atom stereocenters. The van der Waals surface area contributed by atoms with Crippen molar-refractivity contribution in [3.8, 4) is 11.5 Å². The molecule has 0 aliphatic rings. The highest BCUT2D eigenvalue weighted by molar-refractivity contribution is 9.10. The summed E-state index contributed by atoms with van der Waals surface area (Å²) in [5, 5.41) is 0. The van der Waals surface area contributed by atoms with E-state index in [1.165, 1.54) is 12.1 Å². The van der Waals surface area contributed by atoms with Crippen molar-refractivity contribution >= 4 is 25.8 Å². The van der Waals surface area contributed by atoms with Gasteiger partial charge in [-0.3, -0.25) is 0 Å². The van der Waals surface area contributed by atoms with E-state index >= 15 is 0 Å². The first-order valence-corrected chi connectivity index (χ1v) is 8.99. The van der Waals surface area contributed by atoms with E-state index in [4.69, 9.17) is 10.5 Å². The third-order valence-electron chi connectivity index (χ3n) is 3.15. The normalized spacial score (nSPS) is 11.8. The van der Waals surface area contributed by atoms with E-state index in [9.17, 15) is 21.6 Å². The van der Waals surface area contributed by atoms with Gasteiger partial charge >= 0.3 is 5.76 Å². The first kappa shape index (κ1) is 18.8. The molecule has 0 spiro atoms. The molecule has 9 heteroatoms. The number of benzene rings is 2. The zero-order valence-electron chi connectivity index (χ0n) is 12.4. The first-order chi connectivity index (χ1) is 11.2. The van der Waals surface area contributed by atoms with Crippen LogP contribution in [0.25, 0.3) is 0 Å². The van der Waals surface area contributed by atoms with Gasteiger partial charge in [0.1, 0.15) is 17.3 Å². The molecule has 0 amide bonds. The van der Waals surface area contributed by atoms with Crippen LogP contribution in [0.2, 0.25) is 0 Å². The lowest BCUT2D eigenvalue weighted by Gasteiger charge is -2.15. The van der Waals surface area contributed by atoms with Crippen molar-refractivity contribution in [1.82, 2.24) is 0 Å². The van der Waals surface area contributed by atoms with Crippen LogP contribution in [0.15, 0.2) is 39.7 Å². The SMILES string of the molecule is Cc1cc(F)cc(Oc2ccc(S(=O)(=O)C(F)F)c(CN)c2Br)c1. The smallest absolute Gasteiger partial charge is 0.341 e. The van der Waals surface area contributed by atoms with Gasteiger partial charge in [0.05, 0.1) is 9.37 Å². The van der Waals surface area contributed by atoms with Crippen LogP contribution in [0.3, 0.4) is 0 Å². The monoisotopic (exact) mass is 423 g/mol. The minimum absolute atomic E-state index is 0.0408. The highest BCUT2D eigenvalue weighted by Gasteiger charge is 2.30. The second kappa shape index (κ2) is 7.12. The van der Waals surface area contributed by atoms with Gasteiger partial charge in [-0.1, -0.05) is 0 Å². The molecule has 0 aliphatic heterocycles. The van der Waals surface area contributed by atoms with Gasteiger partial charge in [0.2, 0.25) is 9.84 Å². The summed E-state index contributed by atoms with van der Waals surface area (Å²) >= 11 is 3.12. The summed E-state index contributed by atoms with van der Waals surface area (Å²) in [5.41, 5.74) is 6.09. The standard InChI is InChI=1S/C15H13BrF3NO3S/c1-8-4-9(17)6-10(5-8)23-12-2-3-13(11(7-20)14(12)16)24(21,22)15(18)19/h2-6,15H,7,20H2,1H3. The van der Waals surface area contributed by atoms with Crippen molar-refractivity contribution in [3.63, 3.8) is 0 Å². The van der Waals surface area contributed by atoms with Crippen LogP contribution >= 0.6 is 15.9 Å². The van der Waals surface area contributed by atoms with Crippen LogP contribution in [-0.4, -0.2) is 14.2 Å². The number of rotatable bonds is 5. The van der Waals surface area contributed by atoms with Crippen LogP contribution in [0.1, 0.15) is 11.1 Å². The van der Waals surface area contributed by atoms with Gasteiger partial charge < -0.3 is 10.5 Å². The maximum atomic E-state index is 13.4. The highest BCUT2D eigenvalue weighted by Crippen LogP contribution is 2.37. The molecule has 0 saturated heterocycles. The van der Waals surface area contributed by atoms with Crippen molar-refractivity contribution in [2.24, 2.45) is 5.73 Å². The molecule has 0 bridgehead atoms. The van der Waals surface area contributed by atoms with Crippen LogP contribution in [0.4, 0.5) is 13.2 Å². The second-order valence-electron chi connectivity index (χ2n) is 4.93. The van der Waals surface area contributed by atoms with Gasteiger partial charge in [0.15, 0.2) is 0 Å². The summed E-state index contributed by atoms with van der Waals surface area (Å²) in [6.45, 7) is 1.37. The maximum Gasteiger partial charge on any atom is 0.341 e. The second-order valence-corrected chi connectivity index (χ2v) is 7.61. The average molecular weight is 424 g/mol. The summed E-state index contributed by atoms with van der Waals surface area (Å²) in [4.78, 5) is -0.574. The molecule has 0 saturated carbocycles. The summed E-state index contributed by atoms with van der Waals surface area (Å²) < 4.78 is 68.0. The number of hydrogen-bond acceptors (Lipinski definition) is 4. The van der Waals surface area contributed by atoms with E-state index in [1.807, 2.05) is 0 Å². The van der Waals surface area contributed by atoms with Crippen LogP contribution < -0.4 is 10.5 Å². The van der Waals surface area contributed by atoms with Gasteiger partial charge in [-0.2, -0.15) is 8.78 Å². The summed E-state index contributed by atoms with van der Waals surface area (Å²) in [5.74, 6) is -3.75. The molecule has 4 nitrogen and oxygen atoms in total. The summed E-state index contributed by atoms with van der Waals surface area (Å²) in [6, 6.07) is 6.23. The Morgan fingerprint density at radius 1 is 1.25 bits per heavy atom. The number of alkyl halides is 2. The molecule has 0 aromatic heterocycles. The Kier molecular flexibility index (Phi) is 5.56. The van der Waals surface area contributed by atoms with Gasteiger partial charge in [-0.25, -0.2) is 12.8 Å². The predicted molar refractivity (Wildman–Crippen MR) is 86.4 cm³/mol. The van der Waals surface area contributed by atoms with Gasteiger partial charge in [-0.15, -0.1) is 0 Å². The molecule has 0 fully saturated rings. The predicted octanol–water partition coefficient (Wildman–Crippen LogP) is 4.14. The zero-order valence-corrected chi connectivity index (χ0v) is 14.8. The minimum Gasteiger partial charge on any atom is -0.456 e. The number of nitrogens with two attached hydrogens (primary N) is 1. The average Bonchev–Trinajstić information content (AvgIpc) is 2.47. The number of hydrogen-bond donors (Lipinski definition) is 1. The molecule has 0 radical (unpaired) electrons. The number of sulfone groups is 1. The Labute approximate surface area is 145 Å². The van der Waals surface area contributed by atoms with E-state index in [1.54, 1.807) is 13.0 Å². The van der Waals surface area contributed by atoms with Crippen molar-refractivity contribution in [3.05, 3.63) is 51.7 Å². The zero-order chi connectivity index (χ0) is 18.1. The lowest BCUT2D eigenvalue weighted by molar-refractivity contribution is 0.234. The quantitative estimate of drug-likeness (QED) is 0.784.